The van der Waals surface area contributed by atoms with E-state index in [0.717, 1.165) is 22.5 Å². The number of nitrogens with two attached hydrogens (primary N) is 1. The molecule has 0 unspecified atom stereocenters. The molecule has 3 aromatic carbocycles. The lowest BCUT2D eigenvalue weighted by atomic mass is 9.94. The number of nitrogens with zero attached hydrogens (tertiary/aromatic N) is 1. The first-order chi connectivity index (χ1) is 13.6. The molecule has 1 heterocycles. The molecular weight excluding hydrogens is 344 g/mol. The van der Waals surface area contributed by atoms with Crippen LogP contribution in [0.25, 0.3) is 22.7 Å². The molecule has 0 amide bonds. The Bertz CT molecular complexity index is 1200. The number of allylic oxidation sites excluding steroid dienone is 1. The third kappa shape index (κ3) is 3.35. The molecule has 4 nitrogen and oxygen atoms in total. The quantitative estimate of drug-likeness (QED) is 0.393. The van der Waals surface area contributed by atoms with E-state index in [9.17, 15) is 0 Å². The van der Waals surface area contributed by atoms with Crippen LogP contribution in [0.5, 0.6) is 0 Å². The Labute approximate surface area is 163 Å². The van der Waals surface area contributed by atoms with E-state index in [1.807, 2.05) is 54.6 Å². The zero-order valence-electron chi connectivity index (χ0n) is 15.3. The summed E-state index contributed by atoms with van der Waals surface area (Å²) in [5, 5.41) is 16.3. The molecular formula is C24H20N4. The third-order valence-electron chi connectivity index (χ3n) is 4.70. The average Bonchev–Trinajstić information content (AvgIpc) is 3.16. The van der Waals surface area contributed by atoms with Crippen LogP contribution in [0, 0.1) is 10.8 Å². The summed E-state index contributed by atoms with van der Waals surface area (Å²) in [6.45, 7) is 0. The van der Waals surface area contributed by atoms with Crippen molar-refractivity contribution in [2.24, 2.45) is 0 Å². The number of anilines is 1. The fourth-order valence-electron chi connectivity index (χ4n) is 3.21. The van der Waals surface area contributed by atoms with Gasteiger partial charge >= 0.3 is 0 Å². The molecule has 4 N–H and O–H groups in total. The average molecular weight is 364 g/mol. The summed E-state index contributed by atoms with van der Waals surface area (Å²) < 4.78 is 2.16. The van der Waals surface area contributed by atoms with Crippen LogP contribution in [-0.2, 0) is 0 Å². The van der Waals surface area contributed by atoms with Gasteiger partial charge in [-0.2, -0.15) is 0 Å². The van der Waals surface area contributed by atoms with Crippen molar-refractivity contribution in [3.8, 4) is 5.69 Å². The summed E-state index contributed by atoms with van der Waals surface area (Å²) in [6, 6.07) is 26.0. The van der Waals surface area contributed by atoms with Crippen molar-refractivity contribution in [2.75, 3.05) is 5.73 Å². The number of aromatic nitrogens is 1. The van der Waals surface area contributed by atoms with Crippen LogP contribution in [-0.4, -0.2) is 16.0 Å². The second kappa shape index (κ2) is 7.37. The van der Waals surface area contributed by atoms with Gasteiger partial charge in [-0.25, -0.2) is 0 Å². The number of nitrogen functional groups attached to an aromatic ring is 1. The fourth-order valence-corrected chi connectivity index (χ4v) is 3.21. The molecule has 0 saturated carbocycles. The minimum absolute atomic E-state index is 0.286. The van der Waals surface area contributed by atoms with Gasteiger partial charge in [-0.15, -0.1) is 0 Å². The highest BCUT2D eigenvalue weighted by Gasteiger charge is 2.12. The predicted molar refractivity (Wildman–Crippen MR) is 118 cm³/mol. The highest BCUT2D eigenvalue weighted by atomic mass is 15.0. The molecule has 1 aromatic heterocycles. The van der Waals surface area contributed by atoms with E-state index >= 15 is 0 Å². The lowest BCUT2D eigenvalue weighted by Crippen LogP contribution is -2.15. The largest absolute Gasteiger partial charge is 0.399 e. The Morgan fingerprint density at radius 3 is 2.25 bits per heavy atom. The molecule has 0 bridgehead atoms. The molecule has 0 spiro atoms. The van der Waals surface area contributed by atoms with Gasteiger partial charge < -0.3 is 10.3 Å². The smallest absolute Gasteiger partial charge is 0.0867 e. The van der Waals surface area contributed by atoms with E-state index < -0.39 is 0 Å². The van der Waals surface area contributed by atoms with Crippen molar-refractivity contribution in [3.05, 3.63) is 102 Å². The first-order valence-electron chi connectivity index (χ1n) is 9.00. The number of benzene rings is 3. The molecule has 5 rings (SSSR count). The van der Waals surface area contributed by atoms with Crippen LogP contribution in [0.2, 0.25) is 0 Å². The summed E-state index contributed by atoms with van der Waals surface area (Å²) in [4.78, 5) is 0. The van der Waals surface area contributed by atoms with Crippen LogP contribution >= 0.6 is 0 Å². The Balaban J connectivity index is 0.000000143. The molecule has 0 saturated heterocycles. The van der Waals surface area contributed by atoms with Gasteiger partial charge in [-0.05, 0) is 53.4 Å². The van der Waals surface area contributed by atoms with Gasteiger partial charge in [0.15, 0.2) is 0 Å². The second-order valence-electron chi connectivity index (χ2n) is 6.55. The monoisotopic (exact) mass is 364 g/mol. The minimum atomic E-state index is 0.286. The topological polar surface area (TPSA) is 78.7 Å². The zero-order valence-corrected chi connectivity index (χ0v) is 15.3. The van der Waals surface area contributed by atoms with Crippen LogP contribution in [0.4, 0.5) is 5.69 Å². The van der Waals surface area contributed by atoms with Crippen LogP contribution in [0.3, 0.4) is 0 Å². The highest BCUT2D eigenvalue weighted by Crippen LogP contribution is 2.20. The molecule has 136 valence electrons. The van der Waals surface area contributed by atoms with E-state index in [-0.39, 0.29) is 5.71 Å². The number of fused-ring (bicyclic) bond motifs is 2. The standard InChI is InChI=1S/C14H12N2.C10H8N2/c15-12-5-7-13(8-6-12)16-10-9-11-3-1-2-4-14(11)16;11-9-6-5-7-3-1-2-4-8(7)10(9)12/h1-10H,15H2;1-6,11-12H. The first kappa shape index (κ1) is 17.5. The van der Waals surface area contributed by atoms with E-state index in [1.54, 1.807) is 6.08 Å². The maximum absolute atomic E-state index is 7.60. The molecule has 28 heavy (non-hydrogen) atoms. The Hall–Kier alpha value is -3.92. The van der Waals surface area contributed by atoms with Gasteiger partial charge in [-0.1, -0.05) is 48.5 Å². The van der Waals surface area contributed by atoms with E-state index in [2.05, 4.69) is 41.1 Å². The maximum atomic E-state index is 7.60. The van der Waals surface area contributed by atoms with Gasteiger partial charge in [0, 0.05) is 23.1 Å². The van der Waals surface area contributed by atoms with E-state index in [0.29, 0.717) is 5.71 Å². The van der Waals surface area contributed by atoms with Crippen molar-refractivity contribution >= 4 is 34.1 Å². The number of para-hydroxylation sites is 1. The molecule has 4 aromatic rings. The van der Waals surface area contributed by atoms with Gasteiger partial charge in [-0.3, -0.25) is 10.8 Å². The van der Waals surface area contributed by atoms with Gasteiger partial charge in [0.25, 0.3) is 0 Å². The van der Waals surface area contributed by atoms with Crippen molar-refractivity contribution in [1.29, 1.82) is 10.8 Å². The number of hydrogen-bond donors (Lipinski definition) is 3. The zero-order chi connectivity index (χ0) is 19.5. The van der Waals surface area contributed by atoms with Crippen molar-refractivity contribution in [2.45, 2.75) is 0 Å². The predicted octanol–water partition coefficient (Wildman–Crippen LogP) is 5.31. The molecule has 1 aliphatic rings. The molecule has 0 aliphatic heterocycles. The molecule has 0 fully saturated rings. The summed E-state index contributed by atoms with van der Waals surface area (Å²) >= 11 is 0. The van der Waals surface area contributed by atoms with Gasteiger partial charge in [0.05, 0.1) is 16.9 Å². The maximum Gasteiger partial charge on any atom is 0.0867 e. The van der Waals surface area contributed by atoms with Crippen molar-refractivity contribution in [1.82, 2.24) is 4.57 Å². The molecule has 1 aliphatic carbocycles. The van der Waals surface area contributed by atoms with Crippen molar-refractivity contribution < 1.29 is 0 Å². The van der Waals surface area contributed by atoms with Crippen LogP contribution < -0.4 is 5.73 Å². The summed E-state index contributed by atoms with van der Waals surface area (Å²) in [5.74, 6) is 0. The Morgan fingerprint density at radius 2 is 1.43 bits per heavy atom. The summed E-state index contributed by atoms with van der Waals surface area (Å²) in [5.41, 5.74) is 11.3. The van der Waals surface area contributed by atoms with Crippen LogP contribution in [0.15, 0.2) is 91.1 Å². The lowest BCUT2D eigenvalue weighted by molar-refractivity contribution is 1.13. The lowest BCUT2D eigenvalue weighted by Gasteiger charge is -2.10. The summed E-state index contributed by atoms with van der Waals surface area (Å²) in [7, 11) is 0. The Kier molecular flexibility index (Phi) is 4.60. The van der Waals surface area contributed by atoms with Gasteiger partial charge in [0.2, 0.25) is 0 Å². The second-order valence-corrected chi connectivity index (χ2v) is 6.55. The van der Waals surface area contributed by atoms with Crippen LogP contribution in [0.1, 0.15) is 11.1 Å². The highest BCUT2D eigenvalue weighted by molar-refractivity contribution is 6.52. The minimum Gasteiger partial charge on any atom is -0.399 e. The van der Waals surface area contributed by atoms with E-state index in [1.165, 1.54) is 10.9 Å². The molecule has 0 atom stereocenters. The summed E-state index contributed by atoms with van der Waals surface area (Å²) in [6.07, 6.45) is 5.61. The SMILES string of the molecule is N=C1C=Cc2ccccc2C1=N.Nc1ccc(-n2ccc3ccccc32)cc1. The molecule has 4 heteroatoms. The van der Waals surface area contributed by atoms with Gasteiger partial charge in [0.1, 0.15) is 0 Å². The third-order valence-corrected chi connectivity index (χ3v) is 4.70. The molecule has 0 radical (unpaired) electrons. The fraction of sp³-hybridized carbons (Fsp3) is 0. The Morgan fingerprint density at radius 1 is 0.714 bits per heavy atom. The van der Waals surface area contributed by atoms with Crippen molar-refractivity contribution in [3.63, 3.8) is 0 Å². The number of rotatable bonds is 1. The number of hydrogen-bond acceptors (Lipinski definition) is 3. The first-order valence-corrected chi connectivity index (χ1v) is 9.00. The number of nitrogens with one attached hydrogen (secondary N) is 2. The normalized spacial score (nSPS) is 12.4. The van der Waals surface area contributed by atoms with E-state index in [4.69, 9.17) is 16.6 Å².